The van der Waals surface area contributed by atoms with E-state index in [0.29, 0.717) is 10.6 Å². The van der Waals surface area contributed by atoms with Crippen molar-refractivity contribution in [3.63, 3.8) is 0 Å². The highest BCUT2D eigenvalue weighted by Gasteiger charge is 2.08. The monoisotopic (exact) mass is 420 g/mol. The van der Waals surface area contributed by atoms with Crippen LogP contribution in [-0.4, -0.2) is 19.2 Å². The first-order valence-electron chi connectivity index (χ1n) is 8.40. The molecule has 1 aromatic heterocycles. The third-order valence-electron chi connectivity index (χ3n) is 4.14. The lowest BCUT2D eigenvalue weighted by Gasteiger charge is -2.11. The number of hydrogen-bond donors (Lipinski definition) is 1. The molecule has 0 aliphatic rings. The number of rotatable bonds is 6. The van der Waals surface area contributed by atoms with Crippen LogP contribution in [0.1, 0.15) is 11.1 Å². The van der Waals surface area contributed by atoms with Crippen molar-refractivity contribution >= 4 is 21.6 Å². The van der Waals surface area contributed by atoms with Crippen LogP contribution in [0.3, 0.4) is 0 Å². The van der Waals surface area contributed by atoms with Crippen molar-refractivity contribution in [1.29, 1.82) is 0 Å². The molecule has 8 heteroatoms. The average molecular weight is 421 g/mol. The molecular formula is C20H18ClFN2O3S. The van der Waals surface area contributed by atoms with Crippen molar-refractivity contribution in [3.05, 3.63) is 93.1 Å². The van der Waals surface area contributed by atoms with Crippen LogP contribution in [0.15, 0.2) is 65.6 Å². The van der Waals surface area contributed by atoms with Crippen molar-refractivity contribution in [2.75, 3.05) is 6.26 Å². The van der Waals surface area contributed by atoms with Gasteiger partial charge in [0.25, 0.3) is 5.56 Å². The van der Waals surface area contributed by atoms with Gasteiger partial charge in [0, 0.05) is 29.4 Å². The minimum absolute atomic E-state index is 0.0744. The summed E-state index contributed by atoms with van der Waals surface area (Å²) in [5.41, 5.74) is 2.46. The molecule has 0 radical (unpaired) electrons. The molecule has 0 saturated carbocycles. The predicted molar refractivity (Wildman–Crippen MR) is 108 cm³/mol. The van der Waals surface area contributed by atoms with Gasteiger partial charge in [0.2, 0.25) is 10.0 Å². The van der Waals surface area contributed by atoms with E-state index < -0.39 is 15.8 Å². The summed E-state index contributed by atoms with van der Waals surface area (Å²) in [7, 11) is -3.29. The Hall–Kier alpha value is -2.48. The molecule has 0 spiro atoms. The van der Waals surface area contributed by atoms with Crippen LogP contribution in [0, 0.1) is 5.82 Å². The number of pyridine rings is 1. The number of halogens is 2. The van der Waals surface area contributed by atoms with Crippen LogP contribution >= 0.6 is 11.6 Å². The first kappa shape index (κ1) is 20.3. The number of aromatic nitrogens is 1. The predicted octanol–water partition coefficient (Wildman–Crippen LogP) is 3.41. The fraction of sp³-hybridized carbons (Fsp3) is 0.150. The Morgan fingerprint density at radius 3 is 2.57 bits per heavy atom. The summed E-state index contributed by atoms with van der Waals surface area (Å²) in [5.74, 6) is -0.473. The minimum Gasteiger partial charge on any atom is -0.310 e. The molecule has 28 heavy (non-hydrogen) atoms. The molecule has 0 saturated heterocycles. The molecule has 0 bridgehead atoms. The second-order valence-electron chi connectivity index (χ2n) is 6.41. The van der Waals surface area contributed by atoms with E-state index >= 15 is 0 Å². The van der Waals surface area contributed by atoms with E-state index in [-0.39, 0.29) is 18.6 Å². The fourth-order valence-corrected chi connectivity index (χ4v) is 3.32. The molecule has 0 amide bonds. The molecule has 0 aliphatic heterocycles. The molecule has 0 unspecified atom stereocenters. The standard InChI is InChI=1S/C20H18ClFN2O3S/c1-28(26,27)23-11-14-3-2-4-15(9-14)16-6-8-20(25)24(12-16)13-17-5-7-18(21)10-19(17)22/h2-10,12,23H,11,13H2,1H3. The van der Waals surface area contributed by atoms with Crippen molar-refractivity contribution in [1.82, 2.24) is 9.29 Å². The first-order valence-corrected chi connectivity index (χ1v) is 10.7. The Morgan fingerprint density at radius 2 is 1.86 bits per heavy atom. The molecule has 0 atom stereocenters. The second-order valence-corrected chi connectivity index (χ2v) is 8.68. The van der Waals surface area contributed by atoms with E-state index in [4.69, 9.17) is 11.6 Å². The largest absolute Gasteiger partial charge is 0.310 e. The summed E-state index contributed by atoms with van der Waals surface area (Å²) < 4.78 is 40.5. The van der Waals surface area contributed by atoms with Crippen LogP contribution in [0.25, 0.3) is 11.1 Å². The zero-order chi connectivity index (χ0) is 20.3. The summed E-state index contributed by atoms with van der Waals surface area (Å²) in [5, 5.41) is 0.293. The van der Waals surface area contributed by atoms with Crippen LogP contribution in [0.2, 0.25) is 5.02 Å². The molecule has 3 aromatic rings. The molecule has 1 N–H and O–H groups in total. The lowest BCUT2D eigenvalue weighted by atomic mass is 10.0. The summed E-state index contributed by atoms with van der Waals surface area (Å²) in [6.07, 6.45) is 2.75. The maximum atomic E-state index is 14.1. The third-order valence-corrected chi connectivity index (χ3v) is 5.04. The van der Waals surface area contributed by atoms with Gasteiger partial charge in [0.05, 0.1) is 12.8 Å². The SMILES string of the molecule is CS(=O)(=O)NCc1cccc(-c2ccc(=O)n(Cc3ccc(Cl)cc3F)c2)c1. The summed E-state index contributed by atoms with van der Waals surface area (Å²) in [6.45, 7) is 0.243. The lowest BCUT2D eigenvalue weighted by Crippen LogP contribution is -2.21. The average Bonchev–Trinajstić information content (AvgIpc) is 2.63. The van der Waals surface area contributed by atoms with Crippen molar-refractivity contribution in [2.45, 2.75) is 13.1 Å². The molecule has 5 nitrogen and oxygen atoms in total. The topological polar surface area (TPSA) is 68.2 Å². The Labute approximate surface area is 167 Å². The third kappa shape index (κ3) is 5.28. The van der Waals surface area contributed by atoms with Gasteiger partial charge in [-0.3, -0.25) is 4.79 Å². The van der Waals surface area contributed by atoms with Crippen LogP contribution in [0.4, 0.5) is 4.39 Å². The van der Waals surface area contributed by atoms with Crippen LogP contribution in [-0.2, 0) is 23.1 Å². The summed E-state index contributed by atoms with van der Waals surface area (Å²) in [4.78, 5) is 12.2. The highest BCUT2D eigenvalue weighted by atomic mass is 35.5. The highest BCUT2D eigenvalue weighted by Crippen LogP contribution is 2.20. The Bertz CT molecular complexity index is 1180. The zero-order valence-corrected chi connectivity index (χ0v) is 16.6. The van der Waals surface area contributed by atoms with E-state index in [9.17, 15) is 17.6 Å². The first-order chi connectivity index (χ1) is 13.2. The van der Waals surface area contributed by atoms with Gasteiger partial charge in [-0.15, -0.1) is 0 Å². The normalized spacial score (nSPS) is 11.5. The number of hydrogen-bond acceptors (Lipinski definition) is 3. The van der Waals surface area contributed by atoms with Gasteiger partial charge in [0.1, 0.15) is 5.82 Å². The van der Waals surface area contributed by atoms with Gasteiger partial charge in [-0.2, -0.15) is 0 Å². The van der Waals surface area contributed by atoms with E-state index in [0.717, 1.165) is 22.9 Å². The van der Waals surface area contributed by atoms with Crippen molar-refractivity contribution < 1.29 is 12.8 Å². The Balaban J connectivity index is 1.90. The number of nitrogens with one attached hydrogen (secondary N) is 1. The maximum absolute atomic E-state index is 14.1. The fourth-order valence-electron chi connectivity index (χ4n) is 2.73. The van der Waals surface area contributed by atoms with E-state index in [2.05, 4.69) is 4.72 Å². The number of sulfonamides is 1. The molecule has 0 fully saturated rings. The molecule has 1 heterocycles. The highest BCUT2D eigenvalue weighted by molar-refractivity contribution is 7.88. The van der Waals surface area contributed by atoms with Gasteiger partial charge in [-0.1, -0.05) is 35.9 Å². The molecule has 3 rings (SSSR count). The van der Waals surface area contributed by atoms with Crippen LogP contribution < -0.4 is 10.3 Å². The maximum Gasteiger partial charge on any atom is 0.250 e. The quantitative estimate of drug-likeness (QED) is 0.664. The Morgan fingerprint density at radius 1 is 1.07 bits per heavy atom. The number of benzene rings is 2. The summed E-state index contributed by atoms with van der Waals surface area (Å²) >= 11 is 5.77. The van der Waals surface area contributed by atoms with Crippen molar-refractivity contribution in [2.24, 2.45) is 0 Å². The minimum atomic E-state index is -3.29. The van der Waals surface area contributed by atoms with Gasteiger partial charge < -0.3 is 4.57 Å². The summed E-state index contributed by atoms with van der Waals surface area (Å²) in [6, 6.07) is 14.8. The molecule has 0 aliphatic carbocycles. The van der Waals surface area contributed by atoms with Crippen molar-refractivity contribution in [3.8, 4) is 11.1 Å². The molecular weight excluding hydrogens is 403 g/mol. The zero-order valence-electron chi connectivity index (χ0n) is 15.0. The Kier molecular flexibility index (Phi) is 5.98. The molecule has 2 aromatic carbocycles. The lowest BCUT2D eigenvalue weighted by molar-refractivity contribution is 0.587. The van der Waals surface area contributed by atoms with Gasteiger partial charge in [0.15, 0.2) is 0 Å². The molecule has 146 valence electrons. The second kappa shape index (κ2) is 8.26. The van der Waals surface area contributed by atoms with Gasteiger partial charge in [-0.05, 0) is 41.0 Å². The van der Waals surface area contributed by atoms with E-state index in [1.165, 1.54) is 16.7 Å². The smallest absolute Gasteiger partial charge is 0.250 e. The van der Waals surface area contributed by atoms with E-state index in [1.54, 1.807) is 30.5 Å². The van der Waals surface area contributed by atoms with Gasteiger partial charge in [-0.25, -0.2) is 17.5 Å². The van der Waals surface area contributed by atoms with Crippen LogP contribution in [0.5, 0.6) is 0 Å². The van der Waals surface area contributed by atoms with Gasteiger partial charge >= 0.3 is 0 Å². The number of nitrogens with zero attached hydrogens (tertiary/aromatic N) is 1. The van der Waals surface area contributed by atoms with E-state index in [1.807, 2.05) is 18.2 Å².